The van der Waals surface area contributed by atoms with E-state index in [9.17, 15) is 9.59 Å². The van der Waals surface area contributed by atoms with Crippen LogP contribution in [0.1, 0.15) is 48.1 Å². The summed E-state index contributed by atoms with van der Waals surface area (Å²) >= 11 is 5.58. The average molecular weight is 437 g/mol. The van der Waals surface area contributed by atoms with Gasteiger partial charge in [0.1, 0.15) is 0 Å². The van der Waals surface area contributed by atoms with Crippen molar-refractivity contribution in [2.75, 3.05) is 13.7 Å². The second kappa shape index (κ2) is 8.89. The van der Waals surface area contributed by atoms with Gasteiger partial charge in [-0.2, -0.15) is 0 Å². The Labute approximate surface area is 186 Å². The maximum Gasteiger partial charge on any atom is 0.343 e. The van der Waals surface area contributed by atoms with Crippen LogP contribution in [0.2, 0.25) is 0 Å². The number of rotatable bonds is 5. The SMILES string of the molecule is CCN1C(=S)NC(c2ccc(OC(=O)c3ccccc3)c(OC)c2)C2=C1CCCC2=O. The summed E-state index contributed by atoms with van der Waals surface area (Å²) in [5.41, 5.74) is 3.05. The molecule has 1 heterocycles. The van der Waals surface area contributed by atoms with Crippen LogP contribution < -0.4 is 14.8 Å². The zero-order valence-electron chi connectivity index (χ0n) is 17.5. The number of carbonyl (C=O) groups excluding carboxylic acids is 2. The first-order valence-electron chi connectivity index (χ1n) is 10.3. The molecule has 1 aliphatic carbocycles. The summed E-state index contributed by atoms with van der Waals surface area (Å²) in [6.07, 6.45) is 2.20. The molecule has 0 saturated carbocycles. The minimum Gasteiger partial charge on any atom is -0.493 e. The maximum atomic E-state index is 12.8. The number of hydrogen-bond donors (Lipinski definition) is 1. The van der Waals surface area contributed by atoms with Gasteiger partial charge in [-0.25, -0.2) is 4.79 Å². The molecule has 1 N–H and O–H groups in total. The summed E-state index contributed by atoms with van der Waals surface area (Å²) in [5, 5.41) is 3.93. The van der Waals surface area contributed by atoms with Crippen LogP contribution in [0.4, 0.5) is 0 Å². The van der Waals surface area contributed by atoms with Crippen LogP contribution in [-0.2, 0) is 4.79 Å². The first-order valence-corrected chi connectivity index (χ1v) is 10.7. The second-order valence-corrected chi connectivity index (χ2v) is 7.82. The lowest BCUT2D eigenvalue weighted by atomic mass is 9.84. The number of carbonyl (C=O) groups is 2. The quantitative estimate of drug-likeness (QED) is 0.429. The lowest BCUT2D eigenvalue weighted by Crippen LogP contribution is -2.49. The fourth-order valence-corrected chi connectivity index (χ4v) is 4.47. The maximum absolute atomic E-state index is 12.8. The minimum absolute atomic E-state index is 0.137. The summed E-state index contributed by atoms with van der Waals surface area (Å²) in [5.74, 6) is 0.406. The molecule has 160 valence electrons. The fourth-order valence-electron chi connectivity index (χ4n) is 4.12. The Balaban J connectivity index is 1.68. The third-order valence-corrected chi connectivity index (χ3v) is 5.94. The Kier molecular flexibility index (Phi) is 6.04. The molecule has 0 saturated heterocycles. The molecule has 2 aliphatic rings. The van der Waals surface area contributed by atoms with Crippen molar-refractivity contribution in [3.8, 4) is 11.5 Å². The van der Waals surface area contributed by atoms with Crippen LogP contribution in [-0.4, -0.2) is 35.4 Å². The highest BCUT2D eigenvalue weighted by Crippen LogP contribution is 2.39. The number of nitrogens with one attached hydrogen (secondary N) is 1. The van der Waals surface area contributed by atoms with Crippen molar-refractivity contribution in [3.05, 3.63) is 70.9 Å². The predicted molar refractivity (Wildman–Crippen MR) is 121 cm³/mol. The molecular formula is C24H24N2O4S. The Hall–Kier alpha value is -3.19. The number of benzene rings is 2. The Morgan fingerprint density at radius 3 is 2.65 bits per heavy atom. The van der Waals surface area contributed by atoms with Gasteiger partial charge >= 0.3 is 5.97 Å². The number of esters is 1. The van der Waals surface area contributed by atoms with Gasteiger partial charge in [0.15, 0.2) is 22.4 Å². The highest BCUT2D eigenvalue weighted by molar-refractivity contribution is 7.80. The van der Waals surface area contributed by atoms with E-state index in [0.717, 1.165) is 29.7 Å². The van der Waals surface area contributed by atoms with Gasteiger partial charge in [-0.1, -0.05) is 24.3 Å². The third-order valence-electron chi connectivity index (χ3n) is 5.61. The monoisotopic (exact) mass is 436 g/mol. The molecule has 0 bridgehead atoms. The van der Waals surface area contributed by atoms with Crippen molar-refractivity contribution in [1.82, 2.24) is 10.2 Å². The molecule has 2 aromatic carbocycles. The molecule has 0 aromatic heterocycles. The number of allylic oxidation sites excluding steroid dienone is 1. The van der Waals surface area contributed by atoms with Gasteiger partial charge in [0, 0.05) is 24.2 Å². The summed E-state index contributed by atoms with van der Waals surface area (Å²) in [7, 11) is 1.52. The topological polar surface area (TPSA) is 67.9 Å². The van der Waals surface area contributed by atoms with Crippen molar-refractivity contribution in [2.45, 2.75) is 32.2 Å². The van der Waals surface area contributed by atoms with Crippen LogP contribution in [0.15, 0.2) is 59.8 Å². The fraction of sp³-hybridized carbons (Fsp3) is 0.292. The summed E-state index contributed by atoms with van der Waals surface area (Å²) in [6.45, 7) is 2.74. The number of Topliss-reactive ketones (excluding diaryl/α,β-unsaturated/α-hetero) is 1. The van der Waals surface area contributed by atoms with Gasteiger partial charge in [-0.3, -0.25) is 4.79 Å². The van der Waals surface area contributed by atoms with E-state index in [-0.39, 0.29) is 11.8 Å². The lowest BCUT2D eigenvalue weighted by Gasteiger charge is -2.40. The van der Waals surface area contributed by atoms with Crippen molar-refractivity contribution in [2.24, 2.45) is 0 Å². The summed E-state index contributed by atoms with van der Waals surface area (Å²) in [4.78, 5) is 27.3. The highest BCUT2D eigenvalue weighted by atomic mass is 32.1. The molecule has 31 heavy (non-hydrogen) atoms. The van der Waals surface area contributed by atoms with E-state index in [1.807, 2.05) is 24.0 Å². The number of hydrogen-bond acceptors (Lipinski definition) is 5. The molecule has 1 unspecified atom stereocenters. The van der Waals surface area contributed by atoms with Gasteiger partial charge in [0.05, 0.1) is 18.7 Å². The molecule has 0 spiro atoms. The number of methoxy groups -OCH3 is 1. The smallest absolute Gasteiger partial charge is 0.343 e. The molecule has 0 amide bonds. The second-order valence-electron chi connectivity index (χ2n) is 7.43. The van der Waals surface area contributed by atoms with Crippen LogP contribution in [0.3, 0.4) is 0 Å². The molecule has 2 aromatic rings. The minimum atomic E-state index is -0.463. The Morgan fingerprint density at radius 1 is 1.16 bits per heavy atom. The Morgan fingerprint density at radius 2 is 1.94 bits per heavy atom. The van der Waals surface area contributed by atoms with E-state index in [0.29, 0.717) is 35.1 Å². The molecule has 0 radical (unpaired) electrons. The van der Waals surface area contributed by atoms with Crippen molar-refractivity contribution < 1.29 is 19.1 Å². The zero-order chi connectivity index (χ0) is 22.0. The number of nitrogens with zero attached hydrogens (tertiary/aromatic N) is 1. The summed E-state index contributed by atoms with van der Waals surface area (Å²) < 4.78 is 11.0. The number of ketones is 1. The molecule has 4 rings (SSSR count). The Bertz CT molecular complexity index is 1060. The van der Waals surface area contributed by atoms with Crippen molar-refractivity contribution >= 4 is 29.1 Å². The van der Waals surface area contributed by atoms with Crippen molar-refractivity contribution in [1.29, 1.82) is 0 Å². The zero-order valence-corrected chi connectivity index (χ0v) is 18.3. The van der Waals surface area contributed by atoms with Gasteiger partial charge in [-0.15, -0.1) is 0 Å². The predicted octanol–water partition coefficient (Wildman–Crippen LogP) is 4.17. The molecule has 1 aliphatic heterocycles. The van der Waals surface area contributed by atoms with E-state index in [1.165, 1.54) is 7.11 Å². The average Bonchev–Trinajstić information content (AvgIpc) is 2.79. The van der Waals surface area contributed by atoms with E-state index >= 15 is 0 Å². The molecule has 0 fully saturated rings. The summed E-state index contributed by atoms with van der Waals surface area (Å²) in [6, 6.07) is 13.7. The van der Waals surface area contributed by atoms with Crippen LogP contribution >= 0.6 is 12.2 Å². The first-order chi connectivity index (χ1) is 15.0. The van der Waals surface area contributed by atoms with Crippen LogP contribution in [0.25, 0.3) is 0 Å². The van der Waals surface area contributed by atoms with Crippen LogP contribution in [0.5, 0.6) is 11.5 Å². The van der Waals surface area contributed by atoms with E-state index in [4.69, 9.17) is 21.7 Å². The van der Waals surface area contributed by atoms with E-state index in [2.05, 4.69) is 5.32 Å². The molecular weight excluding hydrogens is 412 g/mol. The van der Waals surface area contributed by atoms with Crippen molar-refractivity contribution in [3.63, 3.8) is 0 Å². The standard InChI is InChI=1S/C24H24N2O4S/c1-3-26-17-10-7-11-18(27)21(17)22(25-24(26)31)16-12-13-19(20(14-16)29-2)30-23(28)15-8-5-4-6-9-15/h4-6,8-9,12-14,22H,3,7,10-11H2,1-2H3,(H,25,31). The van der Waals surface area contributed by atoms with Gasteiger partial charge in [-0.05, 0) is 61.8 Å². The van der Waals surface area contributed by atoms with Gasteiger partial charge < -0.3 is 19.7 Å². The third kappa shape index (κ3) is 4.05. The lowest BCUT2D eigenvalue weighted by molar-refractivity contribution is -0.116. The first kappa shape index (κ1) is 21.1. The van der Waals surface area contributed by atoms with E-state index < -0.39 is 5.97 Å². The van der Waals surface area contributed by atoms with Crippen LogP contribution in [0, 0.1) is 0 Å². The molecule has 7 heteroatoms. The normalized spacial score (nSPS) is 18.4. The van der Waals surface area contributed by atoms with Gasteiger partial charge in [0.2, 0.25) is 0 Å². The highest BCUT2D eigenvalue weighted by Gasteiger charge is 2.37. The molecule has 6 nitrogen and oxygen atoms in total. The number of ether oxygens (including phenoxy) is 2. The number of thiocarbonyl (C=S) groups is 1. The largest absolute Gasteiger partial charge is 0.493 e. The van der Waals surface area contributed by atoms with E-state index in [1.54, 1.807) is 36.4 Å². The van der Waals surface area contributed by atoms with Gasteiger partial charge in [0.25, 0.3) is 0 Å². The molecule has 1 atom stereocenters.